The second-order valence-electron chi connectivity index (χ2n) is 5.21. The van der Waals surface area contributed by atoms with E-state index in [1.165, 1.54) is 28.4 Å². The monoisotopic (exact) mass is 341 g/mol. The first-order valence-electron chi connectivity index (χ1n) is 6.71. The van der Waals surface area contributed by atoms with Crippen LogP contribution in [0.15, 0.2) is 28.7 Å². The molecule has 0 spiro atoms. The smallest absolute Gasteiger partial charge is 0.324 e. The summed E-state index contributed by atoms with van der Waals surface area (Å²) in [5.74, 6) is -0.758. The highest BCUT2D eigenvalue weighted by atomic mass is 32.2. The molecule has 3 rings (SSSR count). The molecule has 0 aromatic carbocycles. The first-order chi connectivity index (χ1) is 10.4. The molecule has 2 aromatic rings. The molecule has 22 heavy (non-hydrogen) atoms. The van der Waals surface area contributed by atoms with E-state index in [0.29, 0.717) is 5.92 Å². The van der Waals surface area contributed by atoms with Crippen molar-refractivity contribution in [2.45, 2.75) is 23.0 Å². The Balaban J connectivity index is 1.98. The Labute approximate surface area is 131 Å². The van der Waals surface area contributed by atoms with E-state index in [1.807, 2.05) is 6.07 Å². The maximum atomic E-state index is 12.8. The fourth-order valence-electron chi connectivity index (χ4n) is 2.14. The van der Waals surface area contributed by atoms with Gasteiger partial charge in [0, 0.05) is 18.1 Å². The Morgan fingerprint density at radius 3 is 2.77 bits per heavy atom. The maximum absolute atomic E-state index is 12.8. The number of carboxylic acids is 1. The second kappa shape index (κ2) is 5.40. The zero-order valence-electron chi connectivity index (χ0n) is 11.8. The van der Waals surface area contributed by atoms with Crippen molar-refractivity contribution in [2.24, 2.45) is 7.05 Å². The molecule has 118 valence electrons. The molecule has 2 heterocycles. The average molecular weight is 341 g/mol. The molecule has 0 amide bonds. The van der Waals surface area contributed by atoms with Crippen molar-refractivity contribution < 1.29 is 18.3 Å². The summed E-state index contributed by atoms with van der Waals surface area (Å²) < 4.78 is 28.0. The van der Waals surface area contributed by atoms with Crippen LogP contribution >= 0.6 is 11.3 Å². The Kier molecular flexibility index (Phi) is 3.69. The number of carbonyl (C=O) groups is 1. The van der Waals surface area contributed by atoms with E-state index in [-0.39, 0.29) is 9.90 Å². The van der Waals surface area contributed by atoms with Crippen molar-refractivity contribution >= 4 is 33.0 Å². The molecule has 9 heteroatoms. The fourth-order valence-corrected chi connectivity index (χ4v) is 5.14. The van der Waals surface area contributed by atoms with E-state index in [9.17, 15) is 13.2 Å². The minimum Gasteiger partial charge on any atom is -0.480 e. The van der Waals surface area contributed by atoms with E-state index in [0.717, 1.165) is 22.0 Å². The first-order valence-corrected chi connectivity index (χ1v) is 8.96. The molecule has 0 radical (unpaired) electrons. The van der Waals surface area contributed by atoms with Gasteiger partial charge >= 0.3 is 5.97 Å². The first kappa shape index (κ1) is 15.0. The number of hydrogen-bond donors (Lipinski definition) is 1. The van der Waals surface area contributed by atoms with Crippen LogP contribution in [0.1, 0.15) is 23.6 Å². The number of anilines is 1. The van der Waals surface area contributed by atoms with Gasteiger partial charge in [-0.3, -0.25) is 13.8 Å². The average Bonchev–Trinajstić information content (AvgIpc) is 3.00. The van der Waals surface area contributed by atoms with E-state index in [4.69, 9.17) is 5.11 Å². The molecular weight excluding hydrogens is 326 g/mol. The summed E-state index contributed by atoms with van der Waals surface area (Å²) in [6.45, 7) is -0.634. The topological polar surface area (TPSA) is 92.5 Å². The Hall–Kier alpha value is -1.87. The van der Waals surface area contributed by atoms with Gasteiger partial charge in [-0.2, -0.15) is 5.10 Å². The maximum Gasteiger partial charge on any atom is 0.324 e. The lowest BCUT2D eigenvalue weighted by atomic mass is 10.3. The SMILES string of the molecule is Cn1cc(N(CC(=O)O)S(=O)(=O)c2ccc(C3CC3)s2)cn1. The Bertz CT molecular complexity index is 805. The zero-order valence-corrected chi connectivity index (χ0v) is 13.5. The molecule has 0 aliphatic heterocycles. The van der Waals surface area contributed by atoms with Crippen LogP contribution in [0.3, 0.4) is 0 Å². The summed E-state index contributed by atoms with van der Waals surface area (Å²) in [4.78, 5) is 12.1. The van der Waals surface area contributed by atoms with Gasteiger partial charge in [-0.1, -0.05) is 0 Å². The van der Waals surface area contributed by atoms with Crippen molar-refractivity contribution in [3.63, 3.8) is 0 Å². The molecule has 1 saturated carbocycles. The number of carboxylic acid groups (broad SMARTS) is 1. The normalized spacial score (nSPS) is 15.0. The summed E-state index contributed by atoms with van der Waals surface area (Å²) in [6.07, 6.45) is 4.99. The van der Waals surface area contributed by atoms with Gasteiger partial charge in [0.15, 0.2) is 0 Å². The van der Waals surface area contributed by atoms with Gasteiger partial charge in [-0.25, -0.2) is 8.42 Å². The molecule has 2 aromatic heterocycles. The standard InChI is InChI=1S/C13H15N3O4S2/c1-15-7-10(6-14-15)16(8-12(17)18)22(19,20)13-5-4-11(21-13)9-2-3-9/h4-7,9H,2-3,8H2,1H3,(H,17,18). The summed E-state index contributed by atoms with van der Waals surface area (Å²) in [5, 5.41) is 13.0. The number of rotatable bonds is 6. The third kappa shape index (κ3) is 2.86. The number of aliphatic carboxylic acids is 1. The van der Waals surface area contributed by atoms with Crippen molar-refractivity contribution in [2.75, 3.05) is 10.8 Å². The molecule has 1 N–H and O–H groups in total. The molecule has 1 aliphatic carbocycles. The van der Waals surface area contributed by atoms with E-state index < -0.39 is 22.5 Å². The van der Waals surface area contributed by atoms with Crippen molar-refractivity contribution in [3.8, 4) is 0 Å². The Morgan fingerprint density at radius 2 is 2.23 bits per heavy atom. The summed E-state index contributed by atoms with van der Waals surface area (Å²) in [7, 11) is -2.26. The lowest BCUT2D eigenvalue weighted by Gasteiger charge is -2.19. The van der Waals surface area contributed by atoms with Gasteiger partial charge in [0.05, 0.1) is 11.9 Å². The summed E-state index contributed by atoms with van der Waals surface area (Å²) >= 11 is 1.22. The van der Waals surface area contributed by atoms with Crippen LogP contribution in [0.5, 0.6) is 0 Å². The second-order valence-corrected chi connectivity index (χ2v) is 8.41. The van der Waals surface area contributed by atoms with Crippen LogP contribution in [-0.2, 0) is 21.9 Å². The number of thiophene rings is 1. The van der Waals surface area contributed by atoms with Crippen molar-refractivity contribution in [1.29, 1.82) is 0 Å². The molecular formula is C13H15N3O4S2. The number of sulfonamides is 1. The summed E-state index contributed by atoms with van der Waals surface area (Å²) in [6, 6.07) is 3.37. The molecule has 0 saturated heterocycles. The van der Waals surface area contributed by atoms with Crippen LogP contribution in [-0.4, -0.2) is 35.8 Å². The number of aryl methyl sites for hydroxylation is 1. The van der Waals surface area contributed by atoms with Crippen molar-refractivity contribution in [3.05, 3.63) is 29.4 Å². The number of aromatic nitrogens is 2. The van der Waals surface area contributed by atoms with E-state index in [2.05, 4.69) is 5.10 Å². The van der Waals surface area contributed by atoms with Gasteiger partial charge in [-0.15, -0.1) is 11.3 Å². The number of hydrogen-bond acceptors (Lipinski definition) is 5. The third-order valence-corrected chi connectivity index (χ3v) is 6.87. The molecule has 0 atom stereocenters. The highest BCUT2D eigenvalue weighted by Gasteiger charge is 2.32. The van der Waals surface area contributed by atoms with Gasteiger partial charge in [0.1, 0.15) is 10.8 Å². The van der Waals surface area contributed by atoms with Gasteiger partial charge in [0.2, 0.25) is 0 Å². The van der Waals surface area contributed by atoms with Crippen LogP contribution in [0.4, 0.5) is 5.69 Å². The quantitative estimate of drug-likeness (QED) is 0.862. The van der Waals surface area contributed by atoms with Crippen molar-refractivity contribution in [1.82, 2.24) is 9.78 Å². The van der Waals surface area contributed by atoms with Crippen LogP contribution in [0, 0.1) is 0 Å². The van der Waals surface area contributed by atoms with Gasteiger partial charge in [-0.05, 0) is 30.9 Å². The van der Waals surface area contributed by atoms with Crippen LogP contribution in [0.25, 0.3) is 0 Å². The lowest BCUT2D eigenvalue weighted by Crippen LogP contribution is -2.35. The van der Waals surface area contributed by atoms with Crippen LogP contribution < -0.4 is 4.31 Å². The molecule has 0 bridgehead atoms. The fraction of sp³-hybridized carbons (Fsp3) is 0.385. The number of nitrogens with zero attached hydrogens (tertiary/aromatic N) is 3. The molecule has 7 nitrogen and oxygen atoms in total. The minimum absolute atomic E-state index is 0.166. The zero-order chi connectivity index (χ0) is 15.9. The third-order valence-electron chi connectivity index (χ3n) is 3.38. The van der Waals surface area contributed by atoms with E-state index >= 15 is 0 Å². The lowest BCUT2D eigenvalue weighted by molar-refractivity contribution is -0.135. The molecule has 0 unspecified atom stereocenters. The molecule has 1 fully saturated rings. The minimum atomic E-state index is -3.90. The largest absolute Gasteiger partial charge is 0.480 e. The highest BCUT2D eigenvalue weighted by Crippen LogP contribution is 2.44. The van der Waals surface area contributed by atoms with Gasteiger partial charge in [0.25, 0.3) is 10.0 Å². The predicted octanol–water partition coefficient (Wildman–Crippen LogP) is 1.64. The summed E-state index contributed by atoms with van der Waals surface area (Å²) in [5.41, 5.74) is 0.242. The van der Waals surface area contributed by atoms with Gasteiger partial charge < -0.3 is 5.11 Å². The Morgan fingerprint density at radius 1 is 1.50 bits per heavy atom. The predicted molar refractivity (Wildman–Crippen MR) is 81.7 cm³/mol. The molecule has 1 aliphatic rings. The highest BCUT2D eigenvalue weighted by molar-refractivity contribution is 7.94. The van der Waals surface area contributed by atoms with E-state index in [1.54, 1.807) is 13.1 Å². The van der Waals surface area contributed by atoms with Crippen LogP contribution in [0.2, 0.25) is 0 Å².